The number of benzene rings is 1. The summed E-state index contributed by atoms with van der Waals surface area (Å²) >= 11 is 0. The van der Waals surface area contributed by atoms with E-state index >= 15 is 0 Å². The molecule has 0 radical (unpaired) electrons. The maximum absolute atomic E-state index is 10.1. The van der Waals surface area contributed by atoms with Gasteiger partial charge in [-0.2, -0.15) is 0 Å². The summed E-state index contributed by atoms with van der Waals surface area (Å²) in [5, 5.41) is 20.1. The third kappa shape index (κ3) is 0.734. The fourth-order valence-corrected chi connectivity index (χ4v) is 4.10. The maximum atomic E-state index is 10.1. The summed E-state index contributed by atoms with van der Waals surface area (Å²) in [6.07, 6.45) is 1.27. The molecule has 2 fully saturated rings. The number of hydrogen-bond donors (Lipinski definition) is 2. The van der Waals surface area contributed by atoms with Gasteiger partial charge < -0.3 is 10.2 Å². The quantitative estimate of drug-likeness (QED) is 0.667. The van der Waals surface area contributed by atoms with E-state index in [1.807, 2.05) is 12.1 Å². The molecule has 2 saturated carbocycles. The predicted octanol–water partition coefficient (Wildman–Crippen LogP) is 1.38. The molecule has 3 aliphatic carbocycles. The van der Waals surface area contributed by atoms with Crippen LogP contribution in [0.25, 0.3) is 0 Å². The Morgan fingerprint density at radius 1 is 0.933 bits per heavy atom. The lowest BCUT2D eigenvalue weighted by Gasteiger charge is -2.24. The molecule has 0 saturated heterocycles. The fourth-order valence-electron chi connectivity index (χ4n) is 4.10. The number of aliphatic hydroxyl groups excluding tert-OH is 2. The number of hydrogen-bond acceptors (Lipinski definition) is 2. The van der Waals surface area contributed by atoms with Crippen LogP contribution in [0.4, 0.5) is 0 Å². The molecule has 3 aliphatic rings. The highest BCUT2D eigenvalue weighted by atomic mass is 16.3. The second-order valence-electron chi connectivity index (χ2n) is 5.30. The zero-order valence-corrected chi connectivity index (χ0v) is 8.43. The average Bonchev–Trinajstić information content (AvgIpc) is 2.91. The van der Waals surface area contributed by atoms with Gasteiger partial charge in [0, 0.05) is 11.8 Å². The minimum absolute atomic E-state index is 0.202. The van der Waals surface area contributed by atoms with E-state index in [2.05, 4.69) is 12.1 Å². The SMILES string of the molecule is O[C@@H]1C2c3ccccc3C([C@@H]1O)C21CC1. The predicted molar refractivity (Wildman–Crippen MR) is 55.6 cm³/mol. The van der Waals surface area contributed by atoms with Crippen molar-refractivity contribution < 1.29 is 10.2 Å². The molecule has 1 spiro atoms. The van der Waals surface area contributed by atoms with Crippen LogP contribution in [0.2, 0.25) is 0 Å². The highest BCUT2D eigenvalue weighted by molar-refractivity contribution is 5.51. The Kier molecular flexibility index (Phi) is 1.26. The molecular formula is C13H14O2. The average molecular weight is 202 g/mol. The molecule has 0 heterocycles. The van der Waals surface area contributed by atoms with Crippen molar-refractivity contribution in [1.82, 2.24) is 0 Å². The lowest BCUT2D eigenvalue weighted by atomic mass is 9.88. The smallest absolute Gasteiger partial charge is 0.0879 e. The summed E-state index contributed by atoms with van der Waals surface area (Å²) in [5.74, 6) is 0.405. The van der Waals surface area contributed by atoms with Crippen LogP contribution in [0.3, 0.4) is 0 Å². The first-order valence-electron chi connectivity index (χ1n) is 5.71. The molecule has 78 valence electrons. The van der Waals surface area contributed by atoms with Gasteiger partial charge in [-0.15, -0.1) is 0 Å². The van der Waals surface area contributed by atoms with E-state index in [0.29, 0.717) is 0 Å². The van der Waals surface area contributed by atoms with Crippen LogP contribution < -0.4 is 0 Å². The van der Waals surface area contributed by atoms with Crippen LogP contribution in [0.1, 0.15) is 35.8 Å². The molecule has 2 heteroatoms. The zero-order valence-electron chi connectivity index (χ0n) is 8.43. The van der Waals surface area contributed by atoms with Crippen molar-refractivity contribution in [2.45, 2.75) is 36.9 Å². The van der Waals surface area contributed by atoms with Crippen molar-refractivity contribution in [2.24, 2.45) is 5.41 Å². The molecule has 2 bridgehead atoms. The fraction of sp³-hybridized carbons (Fsp3) is 0.538. The van der Waals surface area contributed by atoms with Crippen molar-refractivity contribution in [3.63, 3.8) is 0 Å². The minimum Gasteiger partial charge on any atom is -0.390 e. The van der Waals surface area contributed by atoms with Gasteiger partial charge in [-0.25, -0.2) is 0 Å². The van der Waals surface area contributed by atoms with E-state index in [1.54, 1.807) is 0 Å². The highest BCUT2D eigenvalue weighted by Gasteiger charge is 2.70. The monoisotopic (exact) mass is 202 g/mol. The van der Waals surface area contributed by atoms with Gasteiger partial charge in [0.15, 0.2) is 0 Å². The molecule has 0 aliphatic heterocycles. The van der Waals surface area contributed by atoms with Crippen LogP contribution in [0.5, 0.6) is 0 Å². The lowest BCUT2D eigenvalue weighted by Crippen LogP contribution is -2.30. The Balaban J connectivity index is 1.99. The summed E-state index contributed by atoms with van der Waals surface area (Å²) in [7, 11) is 0. The van der Waals surface area contributed by atoms with Crippen molar-refractivity contribution >= 4 is 0 Å². The summed E-state index contributed by atoms with van der Waals surface area (Å²) < 4.78 is 0. The number of aliphatic hydroxyl groups is 2. The molecule has 2 nitrogen and oxygen atoms in total. The molecule has 0 aromatic heterocycles. The summed E-state index contributed by atoms with van der Waals surface area (Å²) in [5.41, 5.74) is 2.80. The normalized spacial score (nSPS) is 43.3. The first-order chi connectivity index (χ1) is 7.26. The second kappa shape index (κ2) is 2.28. The van der Waals surface area contributed by atoms with Crippen molar-refractivity contribution in [2.75, 3.05) is 0 Å². The summed E-state index contributed by atoms with van der Waals surface area (Å²) in [4.78, 5) is 0. The molecule has 1 aromatic carbocycles. The Hall–Kier alpha value is -0.860. The Morgan fingerprint density at radius 3 is 1.80 bits per heavy atom. The van der Waals surface area contributed by atoms with E-state index in [1.165, 1.54) is 24.0 Å². The standard InChI is InChI=1S/C13H14O2/c14-11-9-7-3-1-2-4-8(7)10(12(11)15)13(9)5-6-13/h1-4,9-12,14-15H,5-6H2/t9?,10?,11-,12+. The van der Waals surface area contributed by atoms with Crippen LogP contribution in [0, 0.1) is 5.41 Å². The van der Waals surface area contributed by atoms with Gasteiger partial charge in [-0.05, 0) is 29.4 Å². The van der Waals surface area contributed by atoms with E-state index in [-0.39, 0.29) is 17.3 Å². The largest absolute Gasteiger partial charge is 0.390 e. The number of rotatable bonds is 0. The molecule has 15 heavy (non-hydrogen) atoms. The highest BCUT2D eigenvalue weighted by Crippen LogP contribution is 2.75. The van der Waals surface area contributed by atoms with E-state index in [0.717, 1.165) is 0 Å². The first kappa shape index (κ1) is 8.31. The number of fused-ring (bicyclic) bond motifs is 3. The van der Waals surface area contributed by atoms with Crippen molar-refractivity contribution in [1.29, 1.82) is 0 Å². The van der Waals surface area contributed by atoms with Crippen molar-refractivity contribution in [3.8, 4) is 0 Å². The Labute approximate surface area is 88.6 Å². The first-order valence-corrected chi connectivity index (χ1v) is 5.71. The zero-order chi connectivity index (χ0) is 10.2. The van der Waals surface area contributed by atoms with Crippen LogP contribution in [0.15, 0.2) is 24.3 Å². The second-order valence-corrected chi connectivity index (χ2v) is 5.30. The molecule has 2 N–H and O–H groups in total. The van der Waals surface area contributed by atoms with Crippen molar-refractivity contribution in [3.05, 3.63) is 35.4 Å². The molecule has 4 rings (SSSR count). The van der Waals surface area contributed by atoms with Gasteiger partial charge in [0.05, 0.1) is 12.2 Å². The topological polar surface area (TPSA) is 40.5 Å². The Bertz CT molecular complexity index is 399. The van der Waals surface area contributed by atoms with Crippen LogP contribution in [-0.4, -0.2) is 22.4 Å². The molecule has 2 unspecified atom stereocenters. The van der Waals surface area contributed by atoms with E-state index in [9.17, 15) is 10.2 Å². The van der Waals surface area contributed by atoms with Gasteiger partial charge in [0.2, 0.25) is 0 Å². The van der Waals surface area contributed by atoms with Gasteiger partial charge in [0.25, 0.3) is 0 Å². The van der Waals surface area contributed by atoms with Crippen LogP contribution >= 0.6 is 0 Å². The van der Waals surface area contributed by atoms with Gasteiger partial charge >= 0.3 is 0 Å². The van der Waals surface area contributed by atoms with Gasteiger partial charge in [-0.1, -0.05) is 24.3 Å². The molecule has 0 amide bonds. The van der Waals surface area contributed by atoms with Gasteiger partial charge in [-0.3, -0.25) is 0 Å². The van der Waals surface area contributed by atoms with E-state index in [4.69, 9.17) is 0 Å². The third-order valence-corrected chi connectivity index (χ3v) is 4.77. The Morgan fingerprint density at radius 2 is 1.40 bits per heavy atom. The molecule has 4 atom stereocenters. The summed E-state index contributed by atoms with van der Waals surface area (Å²) in [6.45, 7) is 0. The minimum atomic E-state index is -0.535. The van der Waals surface area contributed by atoms with Crippen LogP contribution in [-0.2, 0) is 0 Å². The summed E-state index contributed by atoms with van der Waals surface area (Å²) in [6, 6.07) is 8.31. The molecular weight excluding hydrogens is 188 g/mol. The maximum Gasteiger partial charge on any atom is 0.0879 e. The van der Waals surface area contributed by atoms with Gasteiger partial charge in [0.1, 0.15) is 0 Å². The van der Waals surface area contributed by atoms with E-state index < -0.39 is 12.2 Å². The lowest BCUT2D eigenvalue weighted by molar-refractivity contribution is 0.0217. The molecule has 1 aromatic rings. The third-order valence-electron chi connectivity index (χ3n) is 4.77.